The van der Waals surface area contributed by atoms with Gasteiger partial charge in [0, 0.05) is 11.3 Å². The van der Waals surface area contributed by atoms with Crippen molar-refractivity contribution in [3.63, 3.8) is 0 Å². The number of nitrogens with one attached hydrogen (secondary N) is 1. The van der Waals surface area contributed by atoms with Gasteiger partial charge in [0.1, 0.15) is 10.8 Å². The molecule has 35 heavy (non-hydrogen) atoms. The number of anilines is 1. The fraction of sp³-hybridized carbons (Fsp3) is 0.250. The number of ether oxygens (including phenoxy) is 2. The van der Waals surface area contributed by atoms with Crippen LogP contribution in [0.3, 0.4) is 0 Å². The van der Waals surface area contributed by atoms with E-state index in [4.69, 9.17) is 9.47 Å². The van der Waals surface area contributed by atoms with Crippen molar-refractivity contribution in [2.24, 2.45) is 0 Å². The van der Waals surface area contributed by atoms with Crippen LogP contribution in [-0.2, 0) is 9.53 Å². The number of esters is 1. The third kappa shape index (κ3) is 6.67. The number of thiazole rings is 1. The summed E-state index contributed by atoms with van der Waals surface area (Å²) in [6.07, 6.45) is 3.26. The molecule has 7 heteroatoms. The lowest BCUT2D eigenvalue weighted by Gasteiger charge is -2.08. The summed E-state index contributed by atoms with van der Waals surface area (Å²) in [6.45, 7) is 4.49. The summed E-state index contributed by atoms with van der Waals surface area (Å²) in [4.78, 5) is 29.2. The van der Waals surface area contributed by atoms with Gasteiger partial charge in [0.2, 0.25) is 0 Å². The highest BCUT2D eigenvalue weighted by molar-refractivity contribution is 7.21. The van der Waals surface area contributed by atoms with Crippen LogP contribution in [0.2, 0.25) is 0 Å². The number of hydrogen-bond acceptors (Lipinski definition) is 6. The quantitative estimate of drug-likeness (QED) is 0.200. The van der Waals surface area contributed by atoms with E-state index >= 15 is 0 Å². The molecule has 0 saturated carbocycles. The highest BCUT2D eigenvalue weighted by Crippen LogP contribution is 2.31. The number of fused-ring (bicyclic) bond motifs is 1. The van der Waals surface area contributed by atoms with E-state index in [-0.39, 0.29) is 6.61 Å². The van der Waals surface area contributed by atoms with Crippen LogP contribution in [0.4, 0.5) is 5.69 Å². The molecular weight excluding hydrogens is 460 g/mol. The Hall–Kier alpha value is -3.71. The van der Waals surface area contributed by atoms with Gasteiger partial charge in [-0.3, -0.25) is 4.79 Å². The third-order valence-electron chi connectivity index (χ3n) is 5.40. The number of nitrogens with zero attached hydrogens (tertiary/aromatic N) is 1. The second kappa shape index (κ2) is 11.6. The lowest BCUT2D eigenvalue weighted by atomic mass is 10.2. The summed E-state index contributed by atoms with van der Waals surface area (Å²) in [6, 6.07) is 20.4. The highest BCUT2D eigenvalue weighted by Gasteiger charge is 2.12. The molecule has 4 aromatic rings. The van der Waals surface area contributed by atoms with Gasteiger partial charge < -0.3 is 14.8 Å². The molecule has 4 rings (SSSR count). The Morgan fingerprint density at radius 1 is 0.971 bits per heavy atom. The molecule has 180 valence electrons. The van der Waals surface area contributed by atoms with Crippen molar-refractivity contribution in [1.82, 2.24) is 4.98 Å². The zero-order valence-corrected chi connectivity index (χ0v) is 20.7. The predicted molar refractivity (Wildman–Crippen MR) is 140 cm³/mol. The summed E-state index contributed by atoms with van der Waals surface area (Å²) < 4.78 is 11.9. The molecule has 0 atom stereocenters. The molecule has 1 aromatic heterocycles. The van der Waals surface area contributed by atoms with Gasteiger partial charge in [0.05, 0.1) is 22.4 Å². The molecule has 1 N–H and O–H groups in total. The van der Waals surface area contributed by atoms with E-state index in [1.165, 1.54) is 5.56 Å². The van der Waals surface area contributed by atoms with Crippen molar-refractivity contribution in [1.29, 1.82) is 0 Å². The minimum absolute atomic E-state index is 0.368. The maximum absolute atomic E-state index is 12.3. The van der Waals surface area contributed by atoms with Crippen molar-refractivity contribution >= 4 is 39.1 Å². The van der Waals surface area contributed by atoms with Crippen LogP contribution in [-0.4, -0.2) is 30.1 Å². The number of aryl methyl sites for hydroxylation is 1. The average molecular weight is 489 g/mol. The van der Waals surface area contributed by atoms with Crippen molar-refractivity contribution in [2.45, 2.75) is 33.1 Å². The van der Waals surface area contributed by atoms with Crippen LogP contribution in [0.25, 0.3) is 20.8 Å². The van der Waals surface area contributed by atoms with E-state index in [0.29, 0.717) is 23.6 Å². The van der Waals surface area contributed by atoms with Crippen LogP contribution >= 0.6 is 11.3 Å². The second-order valence-corrected chi connectivity index (χ2v) is 9.30. The summed E-state index contributed by atoms with van der Waals surface area (Å²) in [5, 5.41) is 3.68. The first-order valence-corrected chi connectivity index (χ1v) is 12.5. The Morgan fingerprint density at radius 3 is 2.49 bits per heavy atom. The number of rotatable bonds is 10. The summed E-state index contributed by atoms with van der Waals surface area (Å²) in [7, 11) is 0. The molecule has 1 heterocycles. The van der Waals surface area contributed by atoms with E-state index < -0.39 is 11.9 Å². The number of carbonyl (C=O) groups is 2. The van der Waals surface area contributed by atoms with Gasteiger partial charge in [-0.05, 0) is 79.6 Å². The van der Waals surface area contributed by atoms with Crippen molar-refractivity contribution in [2.75, 3.05) is 18.5 Å². The molecule has 0 saturated heterocycles. The van der Waals surface area contributed by atoms with Gasteiger partial charge >= 0.3 is 5.97 Å². The minimum Gasteiger partial charge on any atom is -0.494 e. The van der Waals surface area contributed by atoms with E-state index in [1.807, 2.05) is 30.3 Å². The first-order valence-electron chi connectivity index (χ1n) is 11.7. The number of amides is 1. The van der Waals surface area contributed by atoms with Gasteiger partial charge in [-0.2, -0.15) is 0 Å². The second-order valence-electron chi connectivity index (χ2n) is 8.27. The van der Waals surface area contributed by atoms with E-state index in [2.05, 4.69) is 36.3 Å². The first kappa shape index (κ1) is 24.4. The molecule has 0 unspecified atom stereocenters. The molecule has 0 bridgehead atoms. The topological polar surface area (TPSA) is 77.5 Å². The number of unbranched alkanes of at least 4 members (excludes halogenated alkanes) is 2. The first-order chi connectivity index (χ1) is 17.0. The molecular formula is C28H28N2O4S. The van der Waals surface area contributed by atoms with E-state index in [0.717, 1.165) is 40.1 Å². The number of carbonyl (C=O) groups excluding carboxylic acids is 2. The van der Waals surface area contributed by atoms with Crippen LogP contribution in [0.1, 0.15) is 42.1 Å². The summed E-state index contributed by atoms with van der Waals surface area (Å²) in [5.74, 6) is -0.253. The monoisotopic (exact) mass is 488 g/mol. The number of aromatic nitrogens is 1. The number of benzene rings is 3. The fourth-order valence-electron chi connectivity index (χ4n) is 3.49. The SMILES string of the molecule is CCCCCOc1ccc(C(=O)OCC(=O)Nc2ccc(-c3nc4ccc(C)cc4s3)cc2)cc1. The lowest BCUT2D eigenvalue weighted by Crippen LogP contribution is -2.20. The van der Waals surface area contributed by atoms with Crippen LogP contribution in [0.15, 0.2) is 66.7 Å². The Labute approximate surface area is 208 Å². The van der Waals surface area contributed by atoms with Gasteiger partial charge in [-0.1, -0.05) is 25.8 Å². The van der Waals surface area contributed by atoms with Crippen LogP contribution < -0.4 is 10.1 Å². The van der Waals surface area contributed by atoms with E-state index in [9.17, 15) is 9.59 Å². The normalized spacial score (nSPS) is 10.8. The maximum Gasteiger partial charge on any atom is 0.338 e. The zero-order valence-electron chi connectivity index (χ0n) is 19.9. The minimum atomic E-state index is -0.556. The number of hydrogen-bond donors (Lipinski definition) is 1. The molecule has 0 aliphatic heterocycles. The van der Waals surface area contributed by atoms with Gasteiger partial charge in [-0.15, -0.1) is 11.3 Å². The largest absolute Gasteiger partial charge is 0.494 e. The summed E-state index contributed by atoms with van der Waals surface area (Å²) in [5.41, 5.74) is 4.15. The highest BCUT2D eigenvalue weighted by atomic mass is 32.1. The summed E-state index contributed by atoms with van der Waals surface area (Å²) >= 11 is 1.64. The van der Waals surface area contributed by atoms with Gasteiger partial charge in [0.25, 0.3) is 5.91 Å². The van der Waals surface area contributed by atoms with Gasteiger partial charge in [0.15, 0.2) is 6.61 Å². The maximum atomic E-state index is 12.3. The predicted octanol–water partition coefficient (Wildman–Crippen LogP) is 6.64. The van der Waals surface area contributed by atoms with Crippen molar-refractivity contribution < 1.29 is 19.1 Å². The molecule has 6 nitrogen and oxygen atoms in total. The van der Waals surface area contributed by atoms with E-state index in [1.54, 1.807) is 35.6 Å². The molecule has 0 fully saturated rings. The standard InChI is InChI=1S/C28H28N2O4S/c1-3-4-5-16-33-23-13-9-21(10-14-23)28(32)34-18-26(31)29-22-11-7-20(8-12-22)27-30-24-15-6-19(2)17-25(24)35-27/h6-15,17H,3-5,16,18H2,1-2H3,(H,29,31). The molecule has 1 amide bonds. The molecule has 0 spiro atoms. The Bertz CT molecular complexity index is 1300. The fourth-order valence-corrected chi connectivity index (χ4v) is 4.56. The van der Waals surface area contributed by atoms with Crippen LogP contribution in [0, 0.1) is 6.92 Å². The van der Waals surface area contributed by atoms with Crippen molar-refractivity contribution in [3.8, 4) is 16.3 Å². The Balaban J connectivity index is 1.26. The lowest BCUT2D eigenvalue weighted by molar-refractivity contribution is -0.119. The molecule has 0 radical (unpaired) electrons. The Morgan fingerprint density at radius 2 is 1.74 bits per heavy atom. The molecule has 0 aliphatic rings. The molecule has 0 aliphatic carbocycles. The smallest absolute Gasteiger partial charge is 0.338 e. The zero-order chi connectivity index (χ0) is 24.6. The van der Waals surface area contributed by atoms with Crippen LogP contribution in [0.5, 0.6) is 5.75 Å². The van der Waals surface area contributed by atoms with Gasteiger partial charge in [-0.25, -0.2) is 9.78 Å². The average Bonchev–Trinajstić information content (AvgIpc) is 3.29. The third-order valence-corrected chi connectivity index (χ3v) is 6.47. The Kier molecular flexibility index (Phi) is 8.11. The van der Waals surface area contributed by atoms with Crippen molar-refractivity contribution in [3.05, 3.63) is 77.9 Å². The molecule has 3 aromatic carbocycles.